The molecule has 0 radical (unpaired) electrons. The molecule has 0 saturated heterocycles. The van der Waals surface area contributed by atoms with E-state index in [1.54, 1.807) is 25.1 Å². The summed E-state index contributed by atoms with van der Waals surface area (Å²) in [6.07, 6.45) is 1.72. The largest absolute Gasteiger partial charge is 0.354 e. The Labute approximate surface area is 247 Å². The first-order chi connectivity index (χ1) is 18.9. The number of aryl methyl sites for hydroxylation is 2. The van der Waals surface area contributed by atoms with Gasteiger partial charge in [-0.2, -0.15) is 0 Å². The van der Waals surface area contributed by atoms with Crippen LogP contribution in [-0.4, -0.2) is 44.3 Å². The maximum absolute atomic E-state index is 14.0. The van der Waals surface area contributed by atoms with Gasteiger partial charge in [0.05, 0.1) is 20.6 Å². The van der Waals surface area contributed by atoms with Gasteiger partial charge in [-0.25, -0.2) is 8.42 Å². The third-order valence-corrected chi connectivity index (χ3v) is 9.14. The van der Waals surface area contributed by atoms with E-state index in [9.17, 15) is 18.0 Å². The number of benzene rings is 3. The molecule has 0 spiro atoms. The van der Waals surface area contributed by atoms with Gasteiger partial charge in [-0.05, 0) is 57.0 Å². The summed E-state index contributed by atoms with van der Waals surface area (Å²) in [6.45, 7) is 7.47. The van der Waals surface area contributed by atoms with Crippen LogP contribution in [0.1, 0.15) is 43.4 Å². The summed E-state index contributed by atoms with van der Waals surface area (Å²) in [7, 11) is -4.24. The van der Waals surface area contributed by atoms with Gasteiger partial charge < -0.3 is 10.2 Å². The molecule has 0 aliphatic rings. The molecular formula is C30H35Cl2N3O4S. The first-order valence-electron chi connectivity index (χ1n) is 13.1. The Balaban J connectivity index is 2.04. The Morgan fingerprint density at radius 1 is 0.925 bits per heavy atom. The predicted octanol–water partition coefficient (Wildman–Crippen LogP) is 6.14. The van der Waals surface area contributed by atoms with Crippen LogP contribution in [0.25, 0.3) is 0 Å². The number of rotatable bonds is 12. The number of carbonyl (C=O) groups excluding carboxylic acids is 2. The quantitative estimate of drug-likeness (QED) is 0.252. The lowest BCUT2D eigenvalue weighted by atomic mass is 10.1. The van der Waals surface area contributed by atoms with Crippen molar-refractivity contribution < 1.29 is 18.0 Å². The lowest BCUT2D eigenvalue weighted by Gasteiger charge is -2.32. The average Bonchev–Trinajstić information content (AvgIpc) is 2.93. The van der Waals surface area contributed by atoms with Crippen LogP contribution in [0.4, 0.5) is 5.69 Å². The first kappa shape index (κ1) is 31.5. The minimum absolute atomic E-state index is 0.00242. The van der Waals surface area contributed by atoms with Crippen molar-refractivity contribution in [3.63, 3.8) is 0 Å². The highest BCUT2D eigenvalue weighted by Crippen LogP contribution is 2.35. The van der Waals surface area contributed by atoms with Crippen molar-refractivity contribution in [3.8, 4) is 0 Å². The number of nitrogens with zero attached hydrogens (tertiary/aromatic N) is 2. The number of hydrogen-bond acceptors (Lipinski definition) is 4. The molecule has 0 aliphatic carbocycles. The standard InChI is InChI=1S/C30H35Cl2N3O4S/c1-5-6-18-33-30(37)23(4)34(19-24-14-10-21(2)11-15-24)28(36)20-35(27-9-7-8-26(31)29(27)32)40(38,39)25-16-12-22(3)13-17-25/h7-17,23H,5-6,18-20H2,1-4H3,(H,33,37). The number of anilines is 1. The van der Waals surface area contributed by atoms with Gasteiger partial charge in [0.25, 0.3) is 10.0 Å². The molecule has 0 saturated carbocycles. The maximum Gasteiger partial charge on any atom is 0.264 e. The molecule has 1 atom stereocenters. The summed E-state index contributed by atoms with van der Waals surface area (Å²) in [4.78, 5) is 28.4. The Hall–Kier alpha value is -3.07. The Kier molecular flexibility index (Phi) is 11.0. The number of nitrogens with one attached hydrogen (secondary N) is 1. The Morgan fingerprint density at radius 3 is 2.12 bits per heavy atom. The van der Waals surface area contributed by atoms with Gasteiger partial charge in [0.1, 0.15) is 12.6 Å². The second-order valence-electron chi connectivity index (χ2n) is 9.73. The van der Waals surface area contributed by atoms with Crippen molar-refractivity contribution in [3.05, 3.63) is 93.5 Å². The molecule has 0 aliphatic heterocycles. The molecular weight excluding hydrogens is 569 g/mol. The molecule has 40 heavy (non-hydrogen) atoms. The number of unbranched alkanes of at least 4 members (excludes halogenated alkanes) is 1. The topological polar surface area (TPSA) is 86.8 Å². The zero-order chi connectivity index (χ0) is 29.4. The zero-order valence-corrected chi connectivity index (χ0v) is 25.5. The van der Waals surface area contributed by atoms with E-state index in [1.165, 1.54) is 29.2 Å². The van der Waals surface area contributed by atoms with Crippen molar-refractivity contribution in [1.29, 1.82) is 0 Å². The second-order valence-corrected chi connectivity index (χ2v) is 12.4. The fraction of sp³-hybridized carbons (Fsp3) is 0.333. The van der Waals surface area contributed by atoms with E-state index in [1.807, 2.05) is 45.0 Å². The number of carbonyl (C=O) groups is 2. The number of sulfonamides is 1. The lowest BCUT2D eigenvalue weighted by molar-refractivity contribution is -0.139. The number of amides is 2. The van der Waals surface area contributed by atoms with Gasteiger partial charge in [0.15, 0.2) is 0 Å². The van der Waals surface area contributed by atoms with Crippen molar-refractivity contribution >= 4 is 50.7 Å². The van der Waals surface area contributed by atoms with Crippen molar-refractivity contribution in [2.45, 2.75) is 58.0 Å². The minimum atomic E-state index is -4.24. The van der Waals surface area contributed by atoms with E-state index in [0.29, 0.717) is 6.54 Å². The van der Waals surface area contributed by atoms with Gasteiger partial charge in [-0.3, -0.25) is 13.9 Å². The van der Waals surface area contributed by atoms with Crippen molar-refractivity contribution in [2.75, 3.05) is 17.4 Å². The minimum Gasteiger partial charge on any atom is -0.354 e. The molecule has 1 N–H and O–H groups in total. The molecule has 3 rings (SSSR count). The van der Waals surface area contributed by atoms with Crippen molar-refractivity contribution in [1.82, 2.24) is 10.2 Å². The summed E-state index contributed by atoms with van der Waals surface area (Å²) in [6, 6.07) is 17.7. The van der Waals surface area contributed by atoms with E-state index in [-0.39, 0.29) is 33.1 Å². The highest BCUT2D eigenvalue weighted by atomic mass is 35.5. The zero-order valence-electron chi connectivity index (χ0n) is 23.2. The van der Waals surface area contributed by atoms with Gasteiger partial charge in [0.2, 0.25) is 11.8 Å². The van der Waals surface area contributed by atoms with E-state index in [4.69, 9.17) is 23.2 Å². The van der Waals surface area contributed by atoms with E-state index in [2.05, 4.69) is 5.32 Å². The van der Waals surface area contributed by atoms with E-state index >= 15 is 0 Å². The average molecular weight is 605 g/mol. The maximum atomic E-state index is 14.0. The first-order valence-corrected chi connectivity index (χ1v) is 15.3. The van der Waals surface area contributed by atoms with Crippen LogP contribution in [0.15, 0.2) is 71.6 Å². The van der Waals surface area contributed by atoms with Crippen LogP contribution >= 0.6 is 23.2 Å². The summed E-state index contributed by atoms with van der Waals surface area (Å²) in [5, 5.41) is 3.03. The summed E-state index contributed by atoms with van der Waals surface area (Å²) >= 11 is 12.7. The monoisotopic (exact) mass is 603 g/mol. The predicted molar refractivity (Wildman–Crippen MR) is 161 cm³/mol. The van der Waals surface area contributed by atoms with Gasteiger partial charge >= 0.3 is 0 Å². The summed E-state index contributed by atoms with van der Waals surface area (Å²) in [5.74, 6) is -0.881. The molecule has 214 valence electrons. The van der Waals surface area contributed by atoms with E-state index in [0.717, 1.165) is 33.8 Å². The summed E-state index contributed by atoms with van der Waals surface area (Å²) in [5.41, 5.74) is 2.81. The van der Waals surface area contributed by atoms with Crippen LogP contribution in [0, 0.1) is 13.8 Å². The molecule has 1 unspecified atom stereocenters. The Morgan fingerprint density at radius 2 is 1.52 bits per heavy atom. The van der Waals surface area contributed by atoms with Crippen LogP contribution in [-0.2, 0) is 26.2 Å². The van der Waals surface area contributed by atoms with E-state index < -0.39 is 28.5 Å². The highest BCUT2D eigenvalue weighted by molar-refractivity contribution is 7.92. The normalized spacial score (nSPS) is 12.1. The van der Waals surface area contributed by atoms with Crippen LogP contribution < -0.4 is 9.62 Å². The third-order valence-electron chi connectivity index (χ3n) is 6.56. The molecule has 0 heterocycles. The van der Waals surface area contributed by atoms with Crippen molar-refractivity contribution in [2.24, 2.45) is 0 Å². The molecule has 0 fully saturated rings. The van der Waals surface area contributed by atoms with Crippen LogP contribution in [0.2, 0.25) is 10.0 Å². The molecule has 3 aromatic carbocycles. The fourth-order valence-corrected chi connectivity index (χ4v) is 5.92. The molecule has 7 nitrogen and oxygen atoms in total. The SMILES string of the molecule is CCCCNC(=O)C(C)N(Cc1ccc(C)cc1)C(=O)CN(c1cccc(Cl)c1Cl)S(=O)(=O)c1ccc(C)cc1. The van der Waals surface area contributed by atoms with Gasteiger partial charge in [-0.15, -0.1) is 0 Å². The molecule has 10 heteroatoms. The third kappa shape index (κ3) is 7.77. The highest BCUT2D eigenvalue weighted by Gasteiger charge is 2.33. The van der Waals surface area contributed by atoms with Crippen LogP contribution in [0.5, 0.6) is 0 Å². The van der Waals surface area contributed by atoms with Gasteiger partial charge in [0, 0.05) is 13.1 Å². The molecule has 3 aromatic rings. The summed E-state index contributed by atoms with van der Waals surface area (Å²) < 4.78 is 28.8. The fourth-order valence-electron chi connectivity index (χ4n) is 4.04. The molecule has 0 bridgehead atoms. The second kappa shape index (κ2) is 14.0. The smallest absolute Gasteiger partial charge is 0.264 e. The number of hydrogen-bond donors (Lipinski definition) is 1. The molecule has 2 amide bonds. The lowest BCUT2D eigenvalue weighted by Crippen LogP contribution is -2.51. The number of halogens is 2. The van der Waals surface area contributed by atoms with Gasteiger partial charge in [-0.1, -0.05) is 90.1 Å². The Bertz CT molecular complexity index is 1430. The van der Waals surface area contributed by atoms with Crippen LogP contribution in [0.3, 0.4) is 0 Å². The molecule has 0 aromatic heterocycles.